The van der Waals surface area contributed by atoms with Gasteiger partial charge in [-0.25, -0.2) is 0 Å². The van der Waals surface area contributed by atoms with E-state index >= 15 is 0 Å². The molecule has 0 bridgehead atoms. The summed E-state index contributed by atoms with van der Waals surface area (Å²) in [6.45, 7) is 7.73. The third-order valence-corrected chi connectivity index (χ3v) is 5.27. The van der Waals surface area contributed by atoms with Crippen LogP contribution in [-0.2, 0) is 0 Å². The molecule has 0 saturated carbocycles. The molecule has 1 aromatic carbocycles. The Labute approximate surface area is 143 Å². The van der Waals surface area contributed by atoms with Crippen molar-refractivity contribution < 1.29 is 9.53 Å². The van der Waals surface area contributed by atoms with Crippen molar-refractivity contribution in [1.82, 2.24) is 10.2 Å². The fourth-order valence-corrected chi connectivity index (χ4v) is 3.78. The normalized spacial score (nSPS) is 11.1. The first kappa shape index (κ1) is 17.2. The monoisotopic (exact) mass is 384 g/mol. The average molecular weight is 385 g/mol. The van der Waals surface area contributed by atoms with Gasteiger partial charge in [-0.15, -0.1) is 11.3 Å². The van der Waals surface area contributed by atoms with E-state index in [1.54, 1.807) is 7.11 Å². The van der Waals surface area contributed by atoms with Gasteiger partial charge >= 0.3 is 0 Å². The first-order chi connectivity index (χ1) is 10.6. The Kier molecular flexibility index (Phi) is 6.23. The molecule has 2 aromatic rings. The summed E-state index contributed by atoms with van der Waals surface area (Å²) in [4.78, 5) is 15.3. The molecule has 120 valence electrons. The van der Waals surface area contributed by atoms with Crippen LogP contribution in [0.15, 0.2) is 22.7 Å². The number of nitrogens with zero attached hydrogens (tertiary/aromatic N) is 1. The molecular weight excluding hydrogens is 364 g/mol. The van der Waals surface area contributed by atoms with Gasteiger partial charge in [-0.3, -0.25) is 4.79 Å². The average Bonchev–Trinajstić information content (AvgIpc) is 2.89. The molecule has 22 heavy (non-hydrogen) atoms. The molecule has 4 nitrogen and oxygen atoms in total. The number of ether oxygens (including phenoxy) is 1. The molecule has 1 heterocycles. The Hall–Kier alpha value is -1.11. The van der Waals surface area contributed by atoms with Gasteiger partial charge in [-0.05, 0) is 31.3 Å². The Bertz CT molecular complexity index is 653. The first-order valence-electron chi connectivity index (χ1n) is 7.37. The van der Waals surface area contributed by atoms with E-state index in [2.05, 4.69) is 40.0 Å². The van der Waals surface area contributed by atoms with Crippen molar-refractivity contribution in [2.75, 3.05) is 33.3 Å². The number of likely N-dealkylation sites (N-methyl/N-ethyl adjacent to an activating group) is 1. The molecule has 1 N–H and O–H groups in total. The minimum atomic E-state index is -0.0682. The van der Waals surface area contributed by atoms with E-state index in [-0.39, 0.29) is 5.91 Å². The summed E-state index contributed by atoms with van der Waals surface area (Å²) < 4.78 is 7.49. The number of carbonyl (C=O) groups excluding carboxylic acids is 1. The van der Waals surface area contributed by atoms with Crippen molar-refractivity contribution in [2.24, 2.45) is 0 Å². The molecule has 2 rings (SSSR count). The van der Waals surface area contributed by atoms with E-state index in [1.165, 1.54) is 11.3 Å². The number of methoxy groups -OCH3 is 1. The summed E-state index contributed by atoms with van der Waals surface area (Å²) in [5, 5.41) is 3.95. The zero-order chi connectivity index (χ0) is 16.1. The summed E-state index contributed by atoms with van der Waals surface area (Å²) in [6, 6.07) is 5.96. The second-order valence-corrected chi connectivity index (χ2v) is 6.86. The number of thiophene rings is 1. The van der Waals surface area contributed by atoms with Crippen LogP contribution in [0.4, 0.5) is 0 Å². The van der Waals surface area contributed by atoms with Crippen LogP contribution in [0.2, 0.25) is 0 Å². The molecule has 1 amide bonds. The highest BCUT2D eigenvalue weighted by atomic mass is 79.9. The zero-order valence-corrected chi connectivity index (χ0v) is 15.5. The maximum absolute atomic E-state index is 12.4. The highest BCUT2D eigenvalue weighted by Gasteiger charge is 2.19. The largest absolute Gasteiger partial charge is 0.494 e. The number of fused-ring (bicyclic) bond motifs is 1. The number of hydrogen-bond acceptors (Lipinski definition) is 4. The van der Waals surface area contributed by atoms with Crippen molar-refractivity contribution in [3.63, 3.8) is 0 Å². The standard InChI is InChI=1S/C16H21BrN2O2S/c1-4-19(5-2)9-8-18-16(20)15-14(21-3)12-10-11(17)6-7-13(12)22-15/h6-7,10H,4-5,8-9H2,1-3H3,(H,18,20). The number of nitrogens with one attached hydrogen (secondary N) is 1. The van der Waals surface area contributed by atoms with E-state index in [0.29, 0.717) is 17.2 Å². The van der Waals surface area contributed by atoms with Crippen LogP contribution >= 0.6 is 27.3 Å². The lowest BCUT2D eigenvalue weighted by Gasteiger charge is -2.17. The minimum Gasteiger partial charge on any atom is -0.494 e. The molecule has 1 aromatic heterocycles. The van der Waals surface area contributed by atoms with Gasteiger partial charge in [0.2, 0.25) is 0 Å². The lowest BCUT2D eigenvalue weighted by molar-refractivity contribution is 0.0950. The summed E-state index contributed by atoms with van der Waals surface area (Å²) >= 11 is 4.92. The number of benzene rings is 1. The Balaban J connectivity index is 2.14. The predicted octanol–water partition coefficient (Wildman–Crippen LogP) is 3.74. The van der Waals surface area contributed by atoms with Gasteiger partial charge in [0.05, 0.1) is 7.11 Å². The molecule has 0 aliphatic rings. The molecule has 0 fully saturated rings. The van der Waals surface area contributed by atoms with Crippen LogP contribution in [0.3, 0.4) is 0 Å². The summed E-state index contributed by atoms with van der Waals surface area (Å²) in [5.74, 6) is 0.586. The predicted molar refractivity (Wildman–Crippen MR) is 96.2 cm³/mol. The van der Waals surface area contributed by atoms with E-state index < -0.39 is 0 Å². The number of rotatable bonds is 7. The first-order valence-corrected chi connectivity index (χ1v) is 8.98. The third-order valence-electron chi connectivity index (χ3n) is 3.62. The second kappa shape index (κ2) is 7.94. The maximum atomic E-state index is 12.4. The number of halogens is 1. The lowest BCUT2D eigenvalue weighted by atomic mass is 10.2. The molecule has 0 unspecified atom stereocenters. The highest BCUT2D eigenvalue weighted by molar-refractivity contribution is 9.10. The Morgan fingerprint density at radius 3 is 2.73 bits per heavy atom. The van der Waals surface area contributed by atoms with Gasteiger partial charge in [-0.2, -0.15) is 0 Å². The quantitative estimate of drug-likeness (QED) is 0.790. The third kappa shape index (κ3) is 3.80. The van der Waals surface area contributed by atoms with Gasteiger partial charge < -0.3 is 15.0 Å². The summed E-state index contributed by atoms with van der Waals surface area (Å²) in [7, 11) is 1.61. The van der Waals surface area contributed by atoms with Crippen molar-refractivity contribution in [3.05, 3.63) is 27.5 Å². The van der Waals surface area contributed by atoms with E-state index in [0.717, 1.165) is 34.2 Å². The van der Waals surface area contributed by atoms with Gasteiger partial charge in [0.15, 0.2) is 0 Å². The molecule has 0 atom stereocenters. The number of hydrogen-bond donors (Lipinski definition) is 1. The zero-order valence-electron chi connectivity index (χ0n) is 13.1. The molecule has 0 saturated heterocycles. The topological polar surface area (TPSA) is 41.6 Å². The van der Waals surface area contributed by atoms with E-state index in [1.807, 2.05) is 18.2 Å². The van der Waals surface area contributed by atoms with Crippen LogP contribution < -0.4 is 10.1 Å². The fourth-order valence-electron chi connectivity index (χ4n) is 2.35. The Morgan fingerprint density at radius 2 is 2.09 bits per heavy atom. The highest BCUT2D eigenvalue weighted by Crippen LogP contribution is 2.38. The minimum absolute atomic E-state index is 0.0682. The van der Waals surface area contributed by atoms with Crippen molar-refractivity contribution in [1.29, 1.82) is 0 Å². The molecule has 6 heteroatoms. The number of amides is 1. The van der Waals surface area contributed by atoms with Crippen LogP contribution in [0.25, 0.3) is 10.1 Å². The van der Waals surface area contributed by atoms with Crippen molar-refractivity contribution in [2.45, 2.75) is 13.8 Å². The van der Waals surface area contributed by atoms with Crippen LogP contribution in [-0.4, -0.2) is 44.1 Å². The van der Waals surface area contributed by atoms with E-state index in [4.69, 9.17) is 4.74 Å². The molecule has 0 radical (unpaired) electrons. The fraction of sp³-hybridized carbons (Fsp3) is 0.438. The molecular formula is C16H21BrN2O2S. The molecule has 0 spiro atoms. The number of carbonyl (C=O) groups is 1. The van der Waals surface area contributed by atoms with E-state index in [9.17, 15) is 4.79 Å². The SMILES string of the molecule is CCN(CC)CCNC(=O)c1sc2ccc(Br)cc2c1OC. The summed E-state index contributed by atoms with van der Waals surface area (Å²) in [5.41, 5.74) is 0. The van der Waals surface area contributed by atoms with Gasteiger partial charge in [0, 0.05) is 27.6 Å². The summed E-state index contributed by atoms with van der Waals surface area (Å²) in [6.07, 6.45) is 0. The van der Waals surface area contributed by atoms with Gasteiger partial charge in [0.1, 0.15) is 10.6 Å². The second-order valence-electron chi connectivity index (χ2n) is 4.89. The van der Waals surface area contributed by atoms with Crippen molar-refractivity contribution >= 4 is 43.3 Å². The smallest absolute Gasteiger partial charge is 0.265 e. The Morgan fingerprint density at radius 1 is 1.36 bits per heavy atom. The maximum Gasteiger partial charge on any atom is 0.265 e. The van der Waals surface area contributed by atoms with Crippen LogP contribution in [0.5, 0.6) is 5.75 Å². The van der Waals surface area contributed by atoms with Crippen LogP contribution in [0.1, 0.15) is 23.5 Å². The van der Waals surface area contributed by atoms with Crippen molar-refractivity contribution in [3.8, 4) is 5.75 Å². The van der Waals surface area contributed by atoms with Crippen LogP contribution in [0, 0.1) is 0 Å². The molecule has 0 aliphatic heterocycles. The van der Waals surface area contributed by atoms with Gasteiger partial charge in [0.25, 0.3) is 5.91 Å². The lowest BCUT2D eigenvalue weighted by Crippen LogP contribution is -2.34. The molecule has 0 aliphatic carbocycles. The van der Waals surface area contributed by atoms with Gasteiger partial charge in [-0.1, -0.05) is 29.8 Å².